The van der Waals surface area contributed by atoms with Crippen LogP contribution in [-0.2, 0) is 9.53 Å². The molecular formula is C21H19BrF3NO2S. The molecule has 0 radical (unpaired) electrons. The second kappa shape index (κ2) is 7.96. The number of rotatable bonds is 5. The van der Waals surface area contributed by atoms with Gasteiger partial charge in [-0.05, 0) is 42.5 Å². The van der Waals surface area contributed by atoms with Crippen LogP contribution in [-0.4, -0.2) is 23.2 Å². The third-order valence-corrected chi connectivity index (χ3v) is 6.76. The van der Waals surface area contributed by atoms with Crippen LogP contribution in [0.3, 0.4) is 0 Å². The predicted octanol–water partition coefficient (Wildman–Crippen LogP) is 5.84. The third kappa shape index (κ3) is 4.20. The Morgan fingerprint density at radius 1 is 1.31 bits per heavy atom. The predicted molar refractivity (Wildman–Crippen MR) is 111 cm³/mol. The van der Waals surface area contributed by atoms with Crippen LogP contribution >= 0.6 is 27.7 Å². The van der Waals surface area contributed by atoms with Crippen molar-refractivity contribution >= 4 is 39.0 Å². The first kappa shape index (κ1) is 20.8. The number of thioether (sulfide) groups is 1. The molecule has 29 heavy (non-hydrogen) atoms. The van der Waals surface area contributed by atoms with Gasteiger partial charge in [-0.2, -0.15) is 8.78 Å². The van der Waals surface area contributed by atoms with Crippen molar-refractivity contribution in [2.24, 2.45) is 0 Å². The summed E-state index contributed by atoms with van der Waals surface area (Å²) in [4.78, 5) is 13.9. The second-order valence-corrected chi connectivity index (χ2v) is 9.31. The van der Waals surface area contributed by atoms with Gasteiger partial charge in [-0.1, -0.05) is 12.6 Å². The van der Waals surface area contributed by atoms with Gasteiger partial charge in [-0.3, -0.25) is 4.79 Å². The van der Waals surface area contributed by atoms with Crippen molar-refractivity contribution in [1.82, 2.24) is 5.32 Å². The summed E-state index contributed by atoms with van der Waals surface area (Å²) in [5.74, 6) is 0.214. The van der Waals surface area contributed by atoms with E-state index in [1.807, 2.05) is 0 Å². The molecule has 1 atom stereocenters. The Morgan fingerprint density at radius 3 is 2.86 bits per heavy atom. The van der Waals surface area contributed by atoms with Gasteiger partial charge in [0.2, 0.25) is 0 Å². The third-order valence-electron chi connectivity index (χ3n) is 5.33. The number of Topliss-reactive ketones (excluding diaryl/α,β-unsaturated/α-hetero) is 1. The molecule has 1 aliphatic carbocycles. The molecule has 4 rings (SSSR count). The Hall–Kier alpha value is -1.51. The molecule has 0 amide bonds. The number of ketones is 1. The van der Waals surface area contributed by atoms with Crippen LogP contribution in [0.15, 0.2) is 46.7 Å². The largest absolute Gasteiger partial charge is 0.414 e. The summed E-state index contributed by atoms with van der Waals surface area (Å²) in [7, 11) is 0. The molecule has 0 aromatic heterocycles. The highest BCUT2D eigenvalue weighted by Crippen LogP contribution is 2.50. The number of hydrogen-bond acceptors (Lipinski definition) is 4. The summed E-state index contributed by atoms with van der Waals surface area (Å²) >= 11 is 3.80. The number of alkyl halides is 3. The first-order valence-electron chi connectivity index (χ1n) is 9.32. The highest BCUT2D eigenvalue weighted by molar-refractivity contribution is 9.09. The molecule has 0 saturated carbocycles. The minimum absolute atomic E-state index is 0.106. The Labute approximate surface area is 179 Å². The maximum Gasteiger partial charge on any atom is 0.414 e. The van der Waals surface area contributed by atoms with Gasteiger partial charge in [-0.15, -0.1) is 11.8 Å². The van der Waals surface area contributed by atoms with Crippen LogP contribution in [0.5, 0.6) is 0 Å². The van der Waals surface area contributed by atoms with Gasteiger partial charge in [0.05, 0.1) is 6.61 Å². The summed E-state index contributed by atoms with van der Waals surface area (Å²) < 4.78 is 44.7. The molecule has 1 aromatic rings. The van der Waals surface area contributed by atoms with E-state index in [1.54, 1.807) is 23.9 Å². The van der Waals surface area contributed by atoms with E-state index in [2.05, 4.69) is 32.6 Å². The summed E-state index contributed by atoms with van der Waals surface area (Å²) in [6.45, 7) is 3.18. The molecule has 0 saturated heterocycles. The zero-order valence-corrected chi connectivity index (χ0v) is 17.9. The van der Waals surface area contributed by atoms with E-state index >= 15 is 0 Å². The standard InChI is InChI=1S/C21H19BrF3NO2S/c1-11(10-28-21(22,24)25)13-9-12(5-6-14(13)23)18-19-15(3-2-4-17(19)27)26-16-7-8-29-20(16)18/h5-6,9,18,26H,1-4,7-8,10H2. The minimum atomic E-state index is -3.51. The molecule has 2 heterocycles. The van der Waals surface area contributed by atoms with Crippen LogP contribution in [0.25, 0.3) is 5.57 Å². The molecule has 0 bridgehead atoms. The molecule has 8 heteroatoms. The maximum absolute atomic E-state index is 14.5. The van der Waals surface area contributed by atoms with Gasteiger partial charge in [0.1, 0.15) is 5.82 Å². The summed E-state index contributed by atoms with van der Waals surface area (Å²) in [5, 5.41) is -0.0559. The van der Waals surface area contributed by atoms with Gasteiger partial charge < -0.3 is 10.1 Å². The first-order valence-corrected chi connectivity index (χ1v) is 11.1. The van der Waals surface area contributed by atoms with Crippen LogP contribution < -0.4 is 5.32 Å². The lowest BCUT2D eigenvalue weighted by Crippen LogP contribution is -2.30. The Bertz CT molecular complexity index is 952. The quantitative estimate of drug-likeness (QED) is 0.531. The Balaban J connectivity index is 1.73. The molecule has 0 fully saturated rings. The van der Waals surface area contributed by atoms with E-state index in [9.17, 15) is 18.0 Å². The summed E-state index contributed by atoms with van der Waals surface area (Å²) in [6.07, 6.45) is 3.03. The fourth-order valence-corrected chi connectivity index (χ4v) is 5.44. The molecular weight excluding hydrogens is 467 g/mol. The van der Waals surface area contributed by atoms with Gasteiger partial charge in [0, 0.05) is 61.5 Å². The lowest BCUT2D eigenvalue weighted by Gasteiger charge is -2.33. The van der Waals surface area contributed by atoms with Crippen molar-refractivity contribution in [3.05, 3.63) is 63.6 Å². The maximum atomic E-state index is 14.5. The number of halogens is 4. The van der Waals surface area contributed by atoms with Crippen molar-refractivity contribution in [1.29, 1.82) is 0 Å². The molecule has 1 unspecified atom stereocenters. The van der Waals surface area contributed by atoms with Gasteiger partial charge in [0.25, 0.3) is 0 Å². The molecule has 0 spiro atoms. The van der Waals surface area contributed by atoms with Crippen molar-refractivity contribution in [2.45, 2.75) is 36.6 Å². The SMILES string of the molecule is C=C(COC(F)(F)Br)c1cc(C2C3=C(CCS3)NC3=C2C(=O)CCC3)ccc1F. The van der Waals surface area contributed by atoms with Gasteiger partial charge in [-0.25, -0.2) is 4.39 Å². The average Bonchev–Trinajstić information content (AvgIpc) is 3.13. The zero-order valence-electron chi connectivity index (χ0n) is 15.5. The fraction of sp³-hybridized carbons (Fsp3) is 0.381. The lowest BCUT2D eigenvalue weighted by atomic mass is 9.78. The van der Waals surface area contributed by atoms with E-state index in [0.29, 0.717) is 6.42 Å². The van der Waals surface area contributed by atoms with E-state index in [4.69, 9.17) is 0 Å². The zero-order chi connectivity index (χ0) is 20.8. The molecule has 3 aliphatic rings. The van der Waals surface area contributed by atoms with Crippen molar-refractivity contribution < 1.29 is 22.7 Å². The number of dihydropyridines is 1. The number of carbonyl (C=O) groups excluding carboxylic acids is 1. The summed E-state index contributed by atoms with van der Waals surface area (Å²) in [5.41, 5.74) is 3.82. The molecule has 3 nitrogen and oxygen atoms in total. The monoisotopic (exact) mass is 485 g/mol. The smallest absolute Gasteiger partial charge is 0.361 e. The lowest BCUT2D eigenvalue weighted by molar-refractivity contribution is -0.145. The van der Waals surface area contributed by atoms with Crippen LogP contribution in [0.4, 0.5) is 13.2 Å². The van der Waals surface area contributed by atoms with E-state index in [-0.39, 0.29) is 22.8 Å². The second-order valence-electron chi connectivity index (χ2n) is 7.25. The number of allylic oxidation sites excluding steroid dienone is 4. The topological polar surface area (TPSA) is 38.3 Å². The molecule has 154 valence electrons. The minimum Gasteiger partial charge on any atom is -0.361 e. The van der Waals surface area contributed by atoms with Crippen molar-refractivity contribution in [3.8, 4) is 0 Å². The highest BCUT2D eigenvalue weighted by atomic mass is 79.9. The van der Waals surface area contributed by atoms with Crippen LogP contribution in [0.2, 0.25) is 0 Å². The number of hydrogen-bond donors (Lipinski definition) is 1. The normalized spacial score (nSPS) is 21.8. The number of nitrogens with one attached hydrogen (secondary N) is 1. The first-order chi connectivity index (χ1) is 13.7. The van der Waals surface area contributed by atoms with E-state index in [1.165, 1.54) is 6.07 Å². The molecule has 2 aliphatic heterocycles. The van der Waals surface area contributed by atoms with Crippen molar-refractivity contribution in [2.75, 3.05) is 12.4 Å². The number of carbonyl (C=O) groups is 1. The highest BCUT2D eigenvalue weighted by Gasteiger charge is 2.38. The average molecular weight is 486 g/mol. The number of benzene rings is 1. The van der Waals surface area contributed by atoms with Crippen LogP contribution in [0, 0.1) is 5.82 Å². The fourth-order valence-electron chi connectivity index (χ4n) is 4.05. The van der Waals surface area contributed by atoms with Gasteiger partial charge in [0.15, 0.2) is 5.78 Å². The Morgan fingerprint density at radius 2 is 2.10 bits per heavy atom. The van der Waals surface area contributed by atoms with Crippen LogP contribution in [0.1, 0.15) is 42.7 Å². The summed E-state index contributed by atoms with van der Waals surface area (Å²) in [6, 6.07) is 4.58. The number of ether oxygens (including phenoxy) is 1. The van der Waals surface area contributed by atoms with Gasteiger partial charge >= 0.3 is 5.02 Å². The molecule has 1 N–H and O–H groups in total. The Kier molecular flexibility index (Phi) is 5.70. The van der Waals surface area contributed by atoms with Crippen molar-refractivity contribution in [3.63, 3.8) is 0 Å². The molecule has 1 aromatic carbocycles. The van der Waals surface area contributed by atoms with E-state index in [0.717, 1.165) is 52.5 Å². The van der Waals surface area contributed by atoms with E-state index < -0.39 is 17.4 Å².